The molecule has 1 aromatic carbocycles. The minimum atomic E-state index is 0.122. The van der Waals surface area contributed by atoms with Crippen molar-refractivity contribution in [3.05, 3.63) is 59.9 Å². The van der Waals surface area contributed by atoms with Gasteiger partial charge in [0.15, 0.2) is 0 Å². The van der Waals surface area contributed by atoms with E-state index in [1.165, 1.54) is 16.8 Å². The number of nitrogens with one attached hydrogen (secondary N) is 1. The van der Waals surface area contributed by atoms with Crippen molar-refractivity contribution in [1.82, 2.24) is 10.3 Å². The molecule has 0 unspecified atom stereocenters. The second-order valence-corrected chi connectivity index (χ2v) is 6.44. The first-order valence-electron chi connectivity index (χ1n) is 7.39. The average Bonchev–Trinajstić information content (AvgIpc) is 2.46. The second kappa shape index (κ2) is 6.72. The summed E-state index contributed by atoms with van der Waals surface area (Å²) in [5.74, 6) is 0. The van der Waals surface area contributed by atoms with Gasteiger partial charge in [-0.05, 0) is 50.1 Å². The van der Waals surface area contributed by atoms with Crippen LogP contribution in [-0.4, -0.2) is 17.6 Å². The molecule has 3 heteroatoms. The van der Waals surface area contributed by atoms with Crippen LogP contribution in [0.3, 0.4) is 0 Å². The monoisotopic (exact) mass is 283 g/mol. The third kappa shape index (κ3) is 4.87. The van der Waals surface area contributed by atoms with Gasteiger partial charge in [-0.15, -0.1) is 0 Å². The van der Waals surface area contributed by atoms with Crippen LogP contribution in [0.15, 0.2) is 48.8 Å². The average molecular weight is 283 g/mol. The van der Waals surface area contributed by atoms with Crippen molar-refractivity contribution in [2.75, 3.05) is 11.9 Å². The van der Waals surface area contributed by atoms with Gasteiger partial charge in [-0.3, -0.25) is 4.98 Å². The predicted molar refractivity (Wildman–Crippen MR) is 89.4 cm³/mol. The zero-order valence-electron chi connectivity index (χ0n) is 13.4. The highest BCUT2D eigenvalue weighted by molar-refractivity contribution is 5.53. The molecular formula is C18H25N3. The molecule has 2 aromatic rings. The van der Waals surface area contributed by atoms with Crippen LogP contribution in [0.25, 0.3) is 0 Å². The van der Waals surface area contributed by atoms with E-state index in [2.05, 4.69) is 79.4 Å². The summed E-state index contributed by atoms with van der Waals surface area (Å²) in [6.07, 6.45) is 3.69. The van der Waals surface area contributed by atoms with Crippen molar-refractivity contribution in [3.63, 3.8) is 0 Å². The van der Waals surface area contributed by atoms with Gasteiger partial charge in [0.1, 0.15) is 0 Å². The molecule has 0 aliphatic heterocycles. The summed E-state index contributed by atoms with van der Waals surface area (Å²) in [5.41, 5.74) is 3.98. The second-order valence-electron chi connectivity index (χ2n) is 6.44. The number of aromatic nitrogens is 1. The quantitative estimate of drug-likeness (QED) is 0.908. The number of hydrogen-bond acceptors (Lipinski definition) is 3. The molecule has 1 N–H and O–H groups in total. The van der Waals surface area contributed by atoms with E-state index in [0.717, 1.165) is 13.1 Å². The van der Waals surface area contributed by atoms with Crippen LogP contribution in [0.1, 0.15) is 31.9 Å². The summed E-state index contributed by atoms with van der Waals surface area (Å²) in [7, 11) is 2.14. The van der Waals surface area contributed by atoms with Crippen LogP contribution in [0.4, 0.5) is 5.69 Å². The number of nitrogens with zero attached hydrogens (tertiary/aromatic N) is 2. The fraction of sp³-hybridized carbons (Fsp3) is 0.389. The van der Waals surface area contributed by atoms with Gasteiger partial charge in [-0.1, -0.05) is 18.2 Å². The fourth-order valence-electron chi connectivity index (χ4n) is 2.24. The number of benzene rings is 1. The van der Waals surface area contributed by atoms with Gasteiger partial charge >= 0.3 is 0 Å². The maximum absolute atomic E-state index is 4.07. The van der Waals surface area contributed by atoms with E-state index in [1.54, 1.807) is 0 Å². The molecule has 0 aliphatic rings. The Morgan fingerprint density at radius 3 is 2.38 bits per heavy atom. The topological polar surface area (TPSA) is 28.2 Å². The summed E-state index contributed by atoms with van der Waals surface area (Å²) < 4.78 is 0. The van der Waals surface area contributed by atoms with Crippen LogP contribution in [0, 0.1) is 0 Å². The van der Waals surface area contributed by atoms with E-state index in [9.17, 15) is 0 Å². The van der Waals surface area contributed by atoms with E-state index in [4.69, 9.17) is 0 Å². The minimum Gasteiger partial charge on any atom is -0.370 e. The summed E-state index contributed by atoms with van der Waals surface area (Å²) in [6, 6.07) is 12.7. The summed E-state index contributed by atoms with van der Waals surface area (Å²) in [5, 5.41) is 3.56. The number of anilines is 1. The van der Waals surface area contributed by atoms with Crippen LogP contribution < -0.4 is 10.2 Å². The van der Waals surface area contributed by atoms with Crippen LogP contribution in [-0.2, 0) is 13.1 Å². The molecule has 0 bridgehead atoms. The smallest absolute Gasteiger partial charge is 0.0427 e. The van der Waals surface area contributed by atoms with Gasteiger partial charge in [0.2, 0.25) is 0 Å². The molecule has 0 amide bonds. The van der Waals surface area contributed by atoms with E-state index in [0.29, 0.717) is 0 Å². The Labute approximate surface area is 128 Å². The number of rotatable bonds is 5. The Hall–Kier alpha value is -1.87. The van der Waals surface area contributed by atoms with Gasteiger partial charge in [0.05, 0.1) is 0 Å². The van der Waals surface area contributed by atoms with Gasteiger partial charge in [-0.25, -0.2) is 0 Å². The third-order valence-electron chi connectivity index (χ3n) is 3.38. The lowest BCUT2D eigenvalue weighted by atomic mass is 10.1. The molecule has 0 aliphatic carbocycles. The van der Waals surface area contributed by atoms with Gasteiger partial charge < -0.3 is 10.2 Å². The molecule has 1 heterocycles. The van der Waals surface area contributed by atoms with Gasteiger partial charge in [-0.2, -0.15) is 0 Å². The van der Waals surface area contributed by atoms with Crippen molar-refractivity contribution in [1.29, 1.82) is 0 Å². The maximum atomic E-state index is 4.07. The third-order valence-corrected chi connectivity index (χ3v) is 3.38. The van der Waals surface area contributed by atoms with Crippen molar-refractivity contribution in [2.45, 2.75) is 39.4 Å². The van der Waals surface area contributed by atoms with Crippen LogP contribution in [0.5, 0.6) is 0 Å². The number of pyridine rings is 1. The molecule has 0 atom stereocenters. The molecule has 1 aromatic heterocycles. The van der Waals surface area contributed by atoms with Gasteiger partial charge in [0, 0.05) is 43.8 Å². The van der Waals surface area contributed by atoms with Crippen molar-refractivity contribution < 1.29 is 0 Å². The molecule has 0 spiro atoms. The lowest BCUT2D eigenvalue weighted by Gasteiger charge is -2.25. The standard InChI is InChI=1S/C18H25N3/c1-18(2,3)20-13-16-7-5-6-8-17(16)21(4)14-15-9-11-19-12-10-15/h5-12,20H,13-14H2,1-4H3. The summed E-state index contributed by atoms with van der Waals surface area (Å²) >= 11 is 0. The zero-order valence-corrected chi connectivity index (χ0v) is 13.4. The molecule has 0 radical (unpaired) electrons. The fourth-order valence-corrected chi connectivity index (χ4v) is 2.24. The van der Waals surface area contributed by atoms with E-state index in [1.807, 2.05) is 12.4 Å². The molecule has 3 nitrogen and oxygen atoms in total. The Balaban J connectivity index is 2.11. The molecule has 0 fully saturated rings. The Kier molecular flexibility index (Phi) is 4.97. The molecule has 0 saturated carbocycles. The summed E-state index contributed by atoms with van der Waals surface area (Å²) in [6.45, 7) is 8.33. The molecule has 0 saturated heterocycles. The minimum absolute atomic E-state index is 0.122. The molecule has 2 rings (SSSR count). The highest BCUT2D eigenvalue weighted by Gasteiger charge is 2.12. The summed E-state index contributed by atoms with van der Waals surface area (Å²) in [4.78, 5) is 6.36. The van der Waals surface area contributed by atoms with Crippen LogP contribution >= 0.6 is 0 Å². The van der Waals surface area contributed by atoms with E-state index < -0.39 is 0 Å². The Bertz CT molecular complexity index is 558. The number of para-hydroxylation sites is 1. The first kappa shape index (κ1) is 15.5. The molecule has 112 valence electrons. The lowest BCUT2D eigenvalue weighted by molar-refractivity contribution is 0.424. The largest absolute Gasteiger partial charge is 0.370 e. The lowest BCUT2D eigenvalue weighted by Crippen LogP contribution is -2.35. The predicted octanol–water partition coefficient (Wildman–Crippen LogP) is 3.61. The normalized spacial score (nSPS) is 11.4. The molecular weight excluding hydrogens is 258 g/mol. The zero-order chi connectivity index (χ0) is 15.3. The maximum Gasteiger partial charge on any atom is 0.0427 e. The van der Waals surface area contributed by atoms with Gasteiger partial charge in [0.25, 0.3) is 0 Å². The Morgan fingerprint density at radius 1 is 1.05 bits per heavy atom. The van der Waals surface area contributed by atoms with E-state index in [-0.39, 0.29) is 5.54 Å². The molecule has 21 heavy (non-hydrogen) atoms. The van der Waals surface area contributed by atoms with Crippen molar-refractivity contribution in [3.8, 4) is 0 Å². The van der Waals surface area contributed by atoms with Crippen molar-refractivity contribution >= 4 is 5.69 Å². The highest BCUT2D eigenvalue weighted by atomic mass is 15.1. The number of hydrogen-bond donors (Lipinski definition) is 1. The first-order chi connectivity index (χ1) is 9.96. The first-order valence-corrected chi connectivity index (χ1v) is 7.39. The highest BCUT2D eigenvalue weighted by Crippen LogP contribution is 2.21. The van der Waals surface area contributed by atoms with Crippen LogP contribution in [0.2, 0.25) is 0 Å². The SMILES string of the molecule is CN(Cc1ccncc1)c1ccccc1CNC(C)(C)C. The van der Waals surface area contributed by atoms with Crippen molar-refractivity contribution in [2.24, 2.45) is 0 Å². The van der Waals surface area contributed by atoms with E-state index >= 15 is 0 Å². The Morgan fingerprint density at radius 2 is 1.71 bits per heavy atom.